The Morgan fingerprint density at radius 3 is 2.40 bits per heavy atom. The molecule has 0 aromatic heterocycles. The summed E-state index contributed by atoms with van der Waals surface area (Å²) in [5, 5.41) is 0. The Balaban J connectivity index is 1.65. The van der Waals surface area contributed by atoms with E-state index in [4.69, 9.17) is 21.1 Å². The molecular formula is C17H27ClO2. The van der Waals surface area contributed by atoms with Crippen LogP contribution in [0.15, 0.2) is 24.3 Å². The predicted molar refractivity (Wildman–Crippen MR) is 83.7 cm³/mol. The van der Waals surface area contributed by atoms with Gasteiger partial charge in [0.15, 0.2) is 6.29 Å². The average molecular weight is 299 g/mol. The van der Waals surface area contributed by atoms with Crippen LogP contribution in [0, 0.1) is 17.8 Å². The van der Waals surface area contributed by atoms with Gasteiger partial charge >= 0.3 is 0 Å². The van der Waals surface area contributed by atoms with Crippen LogP contribution in [0.2, 0.25) is 0 Å². The lowest BCUT2D eigenvalue weighted by Gasteiger charge is -2.37. The van der Waals surface area contributed by atoms with E-state index >= 15 is 0 Å². The second kappa shape index (κ2) is 8.86. The van der Waals surface area contributed by atoms with Gasteiger partial charge in [0.25, 0.3) is 0 Å². The normalized spacial score (nSPS) is 35.2. The van der Waals surface area contributed by atoms with E-state index in [2.05, 4.69) is 12.7 Å². The fraction of sp³-hybridized carbons (Fsp3) is 0.765. The maximum atomic E-state index is 5.96. The van der Waals surface area contributed by atoms with Crippen molar-refractivity contribution in [3.63, 3.8) is 0 Å². The lowest BCUT2D eigenvalue weighted by Crippen LogP contribution is -2.38. The molecule has 0 aromatic carbocycles. The van der Waals surface area contributed by atoms with Crippen LogP contribution in [0.5, 0.6) is 0 Å². The zero-order valence-electron chi connectivity index (χ0n) is 12.3. The van der Waals surface area contributed by atoms with Crippen LogP contribution >= 0.6 is 11.6 Å². The molecular weight excluding hydrogens is 272 g/mol. The van der Waals surface area contributed by atoms with Crippen molar-refractivity contribution in [1.82, 2.24) is 0 Å². The lowest BCUT2D eigenvalue weighted by atomic mass is 9.81. The summed E-state index contributed by atoms with van der Waals surface area (Å²) in [6.45, 7) is 5.49. The monoisotopic (exact) mass is 298 g/mol. The van der Waals surface area contributed by atoms with Crippen LogP contribution in [-0.2, 0) is 9.47 Å². The van der Waals surface area contributed by atoms with Gasteiger partial charge in [0.1, 0.15) is 0 Å². The molecule has 0 radical (unpaired) electrons. The van der Waals surface area contributed by atoms with Crippen molar-refractivity contribution in [3.8, 4) is 0 Å². The highest BCUT2D eigenvalue weighted by Gasteiger charge is 2.31. The standard InChI is InChI=1S/C17H27ClO2/c1-2-3-4-5-15-12-19-17(20-13-15)16-8-6-14(7-9-16)10-11-18/h2,10-11,14-17H,1,3-9,12-13H2. The molecule has 1 saturated heterocycles. The molecule has 0 spiro atoms. The van der Waals surface area contributed by atoms with E-state index in [1.54, 1.807) is 5.54 Å². The molecule has 3 heteroatoms. The Morgan fingerprint density at radius 2 is 1.80 bits per heavy atom. The van der Waals surface area contributed by atoms with Gasteiger partial charge in [-0.1, -0.05) is 23.8 Å². The second-order valence-electron chi connectivity index (χ2n) is 6.11. The molecule has 0 N–H and O–H groups in total. The van der Waals surface area contributed by atoms with Gasteiger partial charge in [0.2, 0.25) is 0 Å². The van der Waals surface area contributed by atoms with Gasteiger partial charge in [-0.15, -0.1) is 6.58 Å². The summed E-state index contributed by atoms with van der Waals surface area (Å²) in [5.41, 5.74) is 1.66. The van der Waals surface area contributed by atoms with Crippen molar-refractivity contribution in [2.75, 3.05) is 13.2 Å². The van der Waals surface area contributed by atoms with Gasteiger partial charge in [-0.05, 0) is 50.9 Å². The highest BCUT2D eigenvalue weighted by Crippen LogP contribution is 2.34. The zero-order valence-corrected chi connectivity index (χ0v) is 13.1. The first-order valence-electron chi connectivity index (χ1n) is 7.94. The van der Waals surface area contributed by atoms with Gasteiger partial charge in [-0.3, -0.25) is 0 Å². The molecule has 1 aliphatic heterocycles. The summed E-state index contributed by atoms with van der Waals surface area (Å²) in [5.74, 6) is 1.80. The zero-order chi connectivity index (χ0) is 14.2. The lowest BCUT2D eigenvalue weighted by molar-refractivity contribution is -0.229. The number of halogens is 1. The predicted octanol–water partition coefficient (Wildman–Crippen LogP) is 4.89. The molecule has 114 valence electrons. The number of ether oxygens (including phenoxy) is 2. The molecule has 2 fully saturated rings. The SMILES string of the molecule is C=CCCCC1COC(C2CCC(C=CCl)CC2)OC1. The van der Waals surface area contributed by atoms with Crippen LogP contribution in [0.4, 0.5) is 0 Å². The molecule has 20 heavy (non-hydrogen) atoms. The fourth-order valence-corrected chi connectivity index (χ4v) is 3.47. The van der Waals surface area contributed by atoms with E-state index in [0.717, 1.165) is 19.6 Å². The van der Waals surface area contributed by atoms with Crippen molar-refractivity contribution in [2.24, 2.45) is 17.8 Å². The minimum Gasteiger partial charge on any atom is -0.352 e. The maximum absolute atomic E-state index is 5.96. The van der Waals surface area contributed by atoms with E-state index in [0.29, 0.717) is 17.8 Å². The number of hydrogen-bond acceptors (Lipinski definition) is 2. The van der Waals surface area contributed by atoms with E-state index < -0.39 is 0 Å². The number of unbranched alkanes of at least 4 members (excludes halogenated alkanes) is 1. The van der Waals surface area contributed by atoms with Crippen LogP contribution in [-0.4, -0.2) is 19.5 Å². The number of allylic oxidation sites excluding steroid dienone is 2. The van der Waals surface area contributed by atoms with E-state index in [9.17, 15) is 0 Å². The Morgan fingerprint density at radius 1 is 1.10 bits per heavy atom. The molecule has 2 aliphatic rings. The quantitative estimate of drug-likeness (QED) is 0.513. The summed E-state index contributed by atoms with van der Waals surface area (Å²) in [4.78, 5) is 0. The number of rotatable bonds is 6. The first-order chi connectivity index (χ1) is 9.83. The molecule has 0 atom stereocenters. The largest absolute Gasteiger partial charge is 0.352 e. The van der Waals surface area contributed by atoms with Crippen LogP contribution in [0.3, 0.4) is 0 Å². The van der Waals surface area contributed by atoms with Crippen molar-refractivity contribution in [3.05, 3.63) is 24.3 Å². The first kappa shape index (κ1) is 16.1. The third-order valence-corrected chi connectivity index (χ3v) is 4.70. The highest BCUT2D eigenvalue weighted by molar-refractivity contribution is 6.25. The van der Waals surface area contributed by atoms with Crippen LogP contribution < -0.4 is 0 Å². The van der Waals surface area contributed by atoms with Gasteiger partial charge in [0.05, 0.1) is 13.2 Å². The molecule has 0 amide bonds. The maximum Gasteiger partial charge on any atom is 0.160 e. The summed E-state index contributed by atoms with van der Waals surface area (Å²) in [6.07, 6.45) is 12.4. The van der Waals surface area contributed by atoms with Crippen molar-refractivity contribution in [1.29, 1.82) is 0 Å². The fourth-order valence-electron chi connectivity index (χ4n) is 3.26. The number of hydrogen-bond donors (Lipinski definition) is 0. The summed E-state index contributed by atoms with van der Waals surface area (Å²) < 4.78 is 11.9. The Hall–Kier alpha value is -0.310. The molecule has 2 rings (SSSR count). The average Bonchev–Trinajstić information content (AvgIpc) is 2.49. The Labute approximate surface area is 128 Å². The third-order valence-electron chi connectivity index (χ3n) is 4.56. The van der Waals surface area contributed by atoms with Crippen LogP contribution in [0.1, 0.15) is 44.9 Å². The highest BCUT2D eigenvalue weighted by atomic mass is 35.5. The smallest absolute Gasteiger partial charge is 0.160 e. The topological polar surface area (TPSA) is 18.5 Å². The van der Waals surface area contributed by atoms with Crippen molar-refractivity contribution in [2.45, 2.75) is 51.2 Å². The second-order valence-corrected chi connectivity index (χ2v) is 6.37. The first-order valence-corrected chi connectivity index (χ1v) is 8.38. The Bertz CT molecular complexity index is 300. The van der Waals surface area contributed by atoms with Crippen molar-refractivity contribution < 1.29 is 9.47 Å². The summed E-state index contributed by atoms with van der Waals surface area (Å²) in [6, 6.07) is 0. The van der Waals surface area contributed by atoms with E-state index in [1.807, 2.05) is 6.08 Å². The molecule has 1 saturated carbocycles. The minimum atomic E-state index is 0.0339. The van der Waals surface area contributed by atoms with Gasteiger partial charge in [-0.2, -0.15) is 0 Å². The van der Waals surface area contributed by atoms with E-state index in [-0.39, 0.29) is 6.29 Å². The molecule has 0 bridgehead atoms. The van der Waals surface area contributed by atoms with Gasteiger partial charge in [0, 0.05) is 17.4 Å². The molecule has 0 unspecified atom stereocenters. The van der Waals surface area contributed by atoms with Crippen molar-refractivity contribution >= 4 is 11.6 Å². The summed E-state index contributed by atoms with van der Waals surface area (Å²) >= 11 is 5.65. The summed E-state index contributed by atoms with van der Waals surface area (Å²) in [7, 11) is 0. The molecule has 2 nitrogen and oxygen atoms in total. The minimum absolute atomic E-state index is 0.0339. The van der Waals surface area contributed by atoms with Gasteiger partial charge in [-0.25, -0.2) is 0 Å². The molecule has 1 heterocycles. The Kier molecular flexibility index (Phi) is 7.12. The molecule has 1 aliphatic carbocycles. The van der Waals surface area contributed by atoms with E-state index in [1.165, 1.54) is 38.5 Å². The van der Waals surface area contributed by atoms with Gasteiger partial charge < -0.3 is 9.47 Å². The molecule has 0 aromatic rings. The third kappa shape index (κ3) is 4.91. The van der Waals surface area contributed by atoms with Crippen LogP contribution in [0.25, 0.3) is 0 Å².